The van der Waals surface area contributed by atoms with E-state index in [0.29, 0.717) is 13.1 Å². The highest BCUT2D eigenvalue weighted by Crippen LogP contribution is 2.22. The molecule has 4 nitrogen and oxygen atoms in total. The standard InChI is InChI=1S/C11H17N3O/c1-11(2,10(15)14-8-5-12)9-3-6-13-7-4-9/h3-4,6-7H,5,8,12H2,1-2H3,(H,14,15). The number of nitrogens with zero attached hydrogens (tertiary/aromatic N) is 1. The van der Waals surface area contributed by atoms with Gasteiger partial charge in [0.05, 0.1) is 5.41 Å². The molecule has 3 N–H and O–H groups in total. The van der Waals surface area contributed by atoms with E-state index in [2.05, 4.69) is 10.3 Å². The molecule has 1 aromatic rings. The van der Waals surface area contributed by atoms with Crippen LogP contribution in [0.25, 0.3) is 0 Å². The van der Waals surface area contributed by atoms with Gasteiger partial charge in [-0.25, -0.2) is 0 Å². The fourth-order valence-electron chi connectivity index (χ4n) is 1.31. The van der Waals surface area contributed by atoms with Crippen molar-refractivity contribution in [3.8, 4) is 0 Å². The Morgan fingerprint density at radius 1 is 1.47 bits per heavy atom. The quantitative estimate of drug-likeness (QED) is 0.752. The molecule has 0 saturated heterocycles. The van der Waals surface area contributed by atoms with Crippen LogP contribution in [0.1, 0.15) is 19.4 Å². The second-order valence-corrected chi connectivity index (χ2v) is 3.91. The molecule has 0 saturated carbocycles. The lowest BCUT2D eigenvalue weighted by Crippen LogP contribution is -2.42. The summed E-state index contributed by atoms with van der Waals surface area (Å²) in [5, 5.41) is 2.79. The van der Waals surface area contributed by atoms with Crippen LogP contribution in [0.2, 0.25) is 0 Å². The monoisotopic (exact) mass is 207 g/mol. The Hall–Kier alpha value is -1.42. The molecule has 0 unspecified atom stereocenters. The number of pyridine rings is 1. The number of carbonyl (C=O) groups is 1. The molecule has 1 amide bonds. The molecule has 82 valence electrons. The van der Waals surface area contributed by atoms with Crippen LogP contribution in [0.15, 0.2) is 24.5 Å². The highest BCUT2D eigenvalue weighted by molar-refractivity contribution is 5.87. The van der Waals surface area contributed by atoms with E-state index in [0.717, 1.165) is 5.56 Å². The Balaban J connectivity index is 2.78. The molecule has 0 aromatic carbocycles. The van der Waals surface area contributed by atoms with Crippen LogP contribution < -0.4 is 11.1 Å². The third kappa shape index (κ3) is 2.76. The van der Waals surface area contributed by atoms with Gasteiger partial charge in [-0.3, -0.25) is 9.78 Å². The molecule has 1 aromatic heterocycles. The fraction of sp³-hybridized carbons (Fsp3) is 0.455. The second-order valence-electron chi connectivity index (χ2n) is 3.91. The average molecular weight is 207 g/mol. The maximum atomic E-state index is 11.8. The maximum Gasteiger partial charge on any atom is 0.230 e. The molecule has 0 atom stereocenters. The predicted molar refractivity (Wildman–Crippen MR) is 59.3 cm³/mol. The Morgan fingerprint density at radius 2 is 2.07 bits per heavy atom. The van der Waals surface area contributed by atoms with Crippen LogP contribution in [0.3, 0.4) is 0 Å². The number of hydrogen-bond donors (Lipinski definition) is 2. The van der Waals surface area contributed by atoms with E-state index in [1.54, 1.807) is 12.4 Å². The minimum absolute atomic E-state index is 0.0147. The Kier molecular flexibility index (Phi) is 3.80. The first kappa shape index (κ1) is 11.7. The van der Waals surface area contributed by atoms with E-state index in [-0.39, 0.29) is 5.91 Å². The first-order valence-electron chi connectivity index (χ1n) is 4.98. The van der Waals surface area contributed by atoms with Gasteiger partial charge in [0.15, 0.2) is 0 Å². The number of amides is 1. The molecule has 0 aliphatic carbocycles. The molecule has 0 aliphatic heterocycles. The summed E-state index contributed by atoms with van der Waals surface area (Å²) in [6.07, 6.45) is 3.38. The van der Waals surface area contributed by atoms with Crippen LogP contribution in [0, 0.1) is 0 Å². The number of carbonyl (C=O) groups excluding carboxylic acids is 1. The minimum Gasteiger partial charge on any atom is -0.354 e. The lowest BCUT2D eigenvalue weighted by Gasteiger charge is -2.23. The summed E-state index contributed by atoms with van der Waals surface area (Å²) in [4.78, 5) is 15.8. The summed E-state index contributed by atoms with van der Waals surface area (Å²) in [6, 6.07) is 3.70. The molecule has 0 spiro atoms. The van der Waals surface area contributed by atoms with Gasteiger partial charge in [-0.05, 0) is 31.5 Å². The van der Waals surface area contributed by atoms with Crippen molar-refractivity contribution >= 4 is 5.91 Å². The van der Waals surface area contributed by atoms with Crippen LogP contribution in [0.4, 0.5) is 0 Å². The molecule has 0 bridgehead atoms. The van der Waals surface area contributed by atoms with E-state index in [4.69, 9.17) is 5.73 Å². The van der Waals surface area contributed by atoms with Crippen molar-refractivity contribution in [2.24, 2.45) is 5.73 Å². The second kappa shape index (κ2) is 4.89. The summed E-state index contributed by atoms with van der Waals surface area (Å²) in [5.41, 5.74) is 5.74. The summed E-state index contributed by atoms with van der Waals surface area (Å²) < 4.78 is 0. The van der Waals surface area contributed by atoms with Gasteiger partial charge in [-0.1, -0.05) is 0 Å². The molecule has 0 fully saturated rings. The van der Waals surface area contributed by atoms with Gasteiger partial charge in [-0.15, -0.1) is 0 Å². The van der Waals surface area contributed by atoms with E-state index in [9.17, 15) is 4.79 Å². The Morgan fingerprint density at radius 3 is 2.60 bits per heavy atom. The van der Waals surface area contributed by atoms with E-state index in [1.165, 1.54) is 0 Å². The maximum absolute atomic E-state index is 11.8. The molecule has 0 aliphatic rings. The van der Waals surface area contributed by atoms with Gasteiger partial charge in [0.1, 0.15) is 0 Å². The lowest BCUT2D eigenvalue weighted by molar-refractivity contribution is -0.125. The van der Waals surface area contributed by atoms with Gasteiger partial charge in [0.25, 0.3) is 0 Å². The number of aromatic nitrogens is 1. The molecule has 1 rings (SSSR count). The molecule has 1 heterocycles. The third-order valence-corrected chi connectivity index (χ3v) is 2.40. The topological polar surface area (TPSA) is 68.0 Å². The van der Waals surface area contributed by atoms with E-state index >= 15 is 0 Å². The summed E-state index contributed by atoms with van der Waals surface area (Å²) in [6.45, 7) is 4.73. The highest BCUT2D eigenvalue weighted by Gasteiger charge is 2.28. The molecular formula is C11H17N3O. The first-order chi connectivity index (χ1) is 7.09. The summed E-state index contributed by atoms with van der Waals surface area (Å²) in [7, 11) is 0. The van der Waals surface area contributed by atoms with Crippen LogP contribution in [-0.2, 0) is 10.2 Å². The van der Waals surface area contributed by atoms with Crippen molar-refractivity contribution in [2.75, 3.05) is 13.1 Å². The zero-order valence-electron chi connectivity index (χ0n) is 9.16. The predicted octanol–water partition coefficient (Wildman–Crippen LogP) is 0.434. The largest absolute Gasteiger partial charge is 0.354 e. The van der Waals surface area contributed by atoms with E-state index in [1.807, 2.05) is 26.0 Å². The highest BCUT2D eigenvalue weighted by atomic mass is 16.2. The van der Waals surface area contributed by atoms with Crippen molar-refractivity contribution < 1.29 is 4.79 Å². The molecule has 4 heteroatoms. The minimum atomic E-state index is -0.544. The zero-order valence-corrected chi connectivity index (χ0v) is 9.16. The van der Waals surface area contributed by atoms with Gasteiger partial charge >= 0.3 is 0 Å². The van der Waals surface area contributed by atoms with Gasteiger partial charge in [-0.2, -0.15) is 0 Å². The fourth-order valence-corrected chi connectivity index (χ4v) is 1.31. The van der Waals surface area contributed by atoms with Crippen molar-refractivity contribution in [1.29, 1.82) is 0 Å². The molecular weight excluding hydrogens is 190 g/mol. The summed E-state index contributed by atoms with van der Waals surface area (Å²) >= 11 is 0. The number of rotatable bonds is 4. The summed E-state index contributed by atoms with van der Waals surface area (Å²) in [5.74, 6) is -0.0147. The van der Waals surface area contributed by atoms with Crippen LogP contribution >= 0.6 is 0 Å². The number of nitrogens with two attached hydrogens (primary N) is 1. The van der Waals surface area contributed by atoms with Gasteiger partial charge in [0.2, 0.25) is 5.91 Å². The van der Waals surface area contributed by atoms with Crippen LogP contribution in [0.5, 0.6) is 0 Å². The smallest absolute Gasteiger partial charge is 0.230 e. The normalized spacial score (nSPS) is 11.1. The van der Waals surface area contributed by atoms with Crippen molar-refractivity contribution in [2.45, 2.75) is 19.3 Å². The Labute approximate surface area is 89.9 Å². The molecule has 0 radical (unpaired) electrons. The van der Waals surface area contributed by atoms with Crippen molar-refractivity contribution in [1.82, 2.24) is 10.3 Å². The SMILES string of the molecule is CC(C)(C(=O)NCCN)c1ccncc1. The third-order valence-electron chi connectivity index (χ3n) is 2.40. The zero-order chi connectivity index (χ0) is 11.3. The van der Waals surface area contributed by atoms with Crippen molar-refractivity contribution in [3.05, 3.63) is 30.1 Å². The van der Waals surface area contributed by atoms with Crippen LogP contribution in [-0.4, -0.2) is 24.0 Å². The average Bonchev–Trinajstić information content (AvgIpc) is 2.27. The lowest BCUT2D eigenvalue weighted by atomic mass is 9.84. The van der Waals surface area contributed by atoms with Crippen molar-refractivity contribution in [3.63, 3.8) is 0 Å². The Bertz CT molecular complexity index is 322. The van der Waals surface area contributed by atoms with Gasteiger partial charge < -0.3 is 11.1 Å². The van der Waals surface area contributed by atoms with E-state index < -0.39 is 5.41 Å². The molecule has 15 heavy (non-hydrogen) atoms. The number of nitrogens with one attached hydrogen (secondary N) is 1. The first-order valence-corrected chi connectivity index (χ1v) is 4.98. The van der Waals surface area contributed by atoms with Gasteiger partial charge in [0, 0.05) is 25.5 Å². The number of hydrogen-bond acceptors (Lipinski definition) is 3.